The number of nitrogens with one attached hydrogen (secondary N) is 1. The van der Waals surface area contributed by atoms with E-state index in [0.29, 0.717) is 65.5 Å². The van der Waals surface area contributed by atoms with Crippen LogP contribution in [0.15, 0.2) is 66.7 Å². The molecule has 5 rings (SSSR count). The molecular weight excluding hydrogens is 586 g/mol. The van der Waals surface area contributed by atoms with Crippen LogP contribution in [0, 0.1) is 28.6 Å². The lowest BCUT2D eigenvalue weighted by atomic mass is 9.75. The summed E-state index contributed by atoms with van der Waals surface area (Å²) in [7, 11) is 4.43. The summed E-state index contributed by atoms with van der Waals surface area (Å²) in [5.74, 6) is -1.91. The summed E-state index contributed by atoms with van der Waals surface area (Å²) in [4.78, 5) is 46.8. The Balaban J connectivity index is 1.79. The van der Waals surface area contributed by atoms with Crippen LogP contribution in [0.4, 0.5) is 0 Å². The monoisotopic (exact) mass is 621 g/mol. The van der Waals surface area contributed by atoms with Crippen LogP contribution in [-0.2, 0) is 14.3 Å². The van der Waals surface area contributed by atoms with Gasteiger partial charge in [0, 0.05) is 44.8 Å². The average Bonchev–Trinajstić information content (AvgIpc) is 3.47. The van der Waals surface area contributed by atoms with Crippen molar-refractivity contribution in [3.63, 3.8) is 0 Å². The molecule has 2 fully saturated rings. The summed E-state index contributed by atoms with van der Waals surface area (Å²) in [5, 5.41) is 22.1. The van der Waals surface area contributed by atoms with E-state index in [1.807, 2.05) is 0 Å². The molecule has 2 aliphatic rings. The Labute approximate surface area is 267 Å². The molecule has 0 spiro atoms. The fourth-order valence-corrected chi connectivity index (χ4v) is 6.55. The minimum atomic E-state index is -1.08. The predicted octanol–water partition coefficient (Wildman–Crippen LogP) is 3.06. The van der Waals surface area contributed by atoms with E-state index >= 15 is 0 Å². The van der Waals surface area contributed by atoms with Crippen LogP contribution in [0.3, 0.4) is 0 Å². The molecule has 3 aromatic rings. The molecule has 2 amide bonds. The van der Waals surface area contributed by atoms with E-state index in [2.05, 4.69) is 17.5 Å². The number of carbonyl (C=O) groups excluding carboxylic acids is 3. The van der Waals surface area contributed by atoms with Crippen LogP contribution in [0.1, 0.15) is 44.6 Å². The molecule has 11 nitrogen and oxygen atoms in total. The molecule has 0 aliphatic carbocycles. The molecule has 11 heteroatoms. The average molecular weight is 622 g/mol. The number of piperazine rings is 1. The SMILES string of the molecule is COCC(=O)N1C(C(=O)N2CCNCC2)C(c2ccc(OC)c(OC)c2)C(C(=O)c2ccc(C#N)cc2)C1c1ccc(C#N)cc1. The summed E-state index contributed by atoms with van der Waals surface area (Å²) in [6, 6.07) is 20.5. The second kappa shape index (κ2) is 14.2. The van der Waals surface area contributed by atoms with Gasteiger partial charge in [0.1, 0.15) is 12.6 Å². The summed E-state index contributed by atoms with van der Waals surface area (Å²) >= 11 is 0. The van der Waals surface area contributed by atoms with E-state index in [1.54, 1.807) is 71.6 Å². The second-order valence-electron chi connectivity index (χ2n) is 11.2. The van der Waals surface area contributed by atoms with Crippen LogP contribution in [0.5, 0.6) is 11.5 Å². The maximum Gasteiger partial charge on any atom is 0.249 e. The van der Waals surface area contributed by atoms with Crippen molar-refractivity contribution in [2.45, 2.75) is 18.0 Å². The molecule has 4 atom stereocenters. The third-order valence-electron chi connectivity index (χ3n) is 8.68. The van der Waals surface area contributed by atoms with Gasteiger partial charge in [-0.3, -0.25) is 14.4 Å². The van der Waals surface area contributed by atoms with Gasteiger partial charge in [0.2, 0.25) is 11.8 Å². The first-order chi connectivity index (χ1) is 22.4. The molecule has 236 valence electrons. The van der Waals surface area contributed by atoms with Gasteiger partial charge in [0.25, 0.3) is 0 Å². The number of ether oxygens (including phenoxy) is 3. The topological polar surface area (TPSA) is 145 Å². The summed E-state index contributed by atoms with van der Waals surface area (Å²) in [6.45, 7) is 1.76. The number of hydrogen-bond donors (Lipinski definition) is 1. The highest BCUT2D eigenvalue weighted by Crippen LogP contribution is 2.52. The third kappa shape index (κ3) is 6.16. The van der Waals surface area contributed by atoms with Crippen molar-refractivity contribution in [2.75, 3.05) is 54.1 Å². The van der Waals surface area contributed by atoms with Crippen LogP contribution < -0.4 is 14.8 Å². The molecule has 2 saturated heterocycles. The van der Waals surface area contributed by atoms with E-state index in [4.69, 9.17) is 14.2 Å². The Kier molecular flexibility index (Phi) is 9.97. The van der Waals surface area contributed by atoms with E-state index in [-0.39, 0.29) is 18.3 Å². The fourth-order valence-electron chi connectivity index (χ4n) is 6.55. The predicted molar refractivity (Wildman–Crippen MR) is 167 cm³/mol. The van der Waals surface area contributed by atoms with Gasteiger partial charge in [-0.1, -0.05) is 30.3 Å². The molecule has 0 aromatic heterocycles. The van der Waals surface area contributed by atoms with Crippen molar-refractivity contribution in [3.05, 3.63) is 94.5 Å². The molecule has 0 saturated carbocycles. The summed E-state index contributed by atoms with van der Waals surface area (Å²) < 4.78 is 16.4. The van der Waals surface area contributed by atoms with Crippen molar-refractivity contribution in [3.8, 4) is 23.6 Å². The normalized spacial score (nSPS) is 20.8. The zero-order valence-corrected chi connectivity index (χ0v) is 25.9. The molecular formula is C35H35N5O6. The first kappa shape index (κ1) is 32.2. The molecule has 0 bridgehead atoms. The van der Waals surface area contributed by atoms with Crippen molar-refractivity contribution in [2.24, 2.45) is 5.92 Å². The van der Waals surface area contributed by atoms with Crippen molar-refractivity contribution in [1.29, 1.82) is 10.5 Å². The Morgan fingerprint density at radius 2 is 1.41 bits per heavy atom. The number of carbonyl (C=O) groups is 3. The number of methoxy groups -OCH3 is 3. The van der Waals surface area contributed by atoms with E-state index < -0.39 is 29.8 Å². The minimum Gasteiger partial charge on any atom is -0.493 e. The van der Waals surface area contributed by atoms with E-state index in [1.165, 1.54) is 26.2 Å². The number of Topliss-reactive ketones (excluding diaryl/α,β-unsaturated/α-hetero) is 1. The third-order valence-corrected chi connectivity index (χ3v) is 8.68. The van der Waals surface area contributed by atoms with Crippen molar-refractivity contribution < 1.29 is 28.6 Å². The van der Waals surface area contributed by atoms with Crippen LogP contribution in [-0.4, -0.2) is 87.6 Å². The Hall–Kier alpha value is -5.23. The first-order valence-electron chi connectivity index (χ1n) is 14.9. The molecule has 3 aromatic carbocycles. The van der Waals surface area contributed by atoms with E-state index in [9.17, 15) is 24.9 Å². The largest absolute Gasteiger partial charge is 0.493 e. The van der Waals surface area contributed by atoms with Crippen LogP contribution in [0.2, 0.25) is 0 Å². The minimum absolute atomic E-state index is 0.278. The van der Waals surface area contributed by atoms with Gasteiger partial charge in [-0.15, -0.1) is 0 Å². The highest BCUT2D eigenvalue weighted by atomic mass is 16.5. The molecule has 4 unspecified atom stereocenters. The Morgan fingerprint density at radius 1 is 0.826 bits per heavy atom. The number of likely N-dealkylation sites (tertiary alicyclic amines) is 1. The van der Waals surface area contributed by atoms with Gasteiger partial charge in [-0.25, -0.2) is 0 Å². The lowest BCUT2D eigenvalue weighted by Gasteiger charge is -2.36. The molecule has 2 aliphatic heterocycles. The number of rotatable bonds is 9. The number of benzene rings is 3. The molecule has 2 heterocycles. The van der Waals surface area contributed by atoms with Gasteiger partial charge >= 0.3 is 0 Å². The van der Waals surface area contributed by atoms with Crippen molar-refractivity contribution in [1.82, 2.24) is 15.1 Å². The molecule has 46 heavy (non-hydrogen) atoms. The van der Waals surface area contributed by atoms with Gasteiger partial charge in [0.05, 0.1) is 49.4 Å². The summed E-state index contributed by atoms with van der Waals surface area (Å²) in [5.41, 5.74) is 2.35. The fraction of sp³-hybridized carbons (Fsp3) is 0.343. The van der Waals surface area contributed by atoms with Crippen molar-refractivity contribution >= 4 is 17.6 Å². The number of hydrogen-bond acceptors (Lipinski definition) is 9. The number of nitriles is 2. The standard InChI is InChI=1S/C35H35N5O6/c1-44-21-29(41)40-32(24-8-4-22(19-36)5-9-24)31(34(42)25-10-6-23(20-37)7-11-25)30(26-12-13-27(45-2)28(18-26)46-3)33(40)35(43)39-16-14-38-15-17-39/h4-13,18,30-33,38H,14-17,21H2,1-3H3. The summed E-state index contributed by atoms with van der Waals surface area (Å²) in [6.07, 6.45) is 0. The maximum atomic E-state index is 14.8. The zero-order chi connectivity index (χ0) is 32.8. The first-order valence-corrected chi connectivity index (χ1v) is 14.9. The van der Waals surface area contributed by atoms with Gasteiger partial charge in [-0.2, -0.15) is 10.5 Å². The highest BCUT2D eigenvalue weighted by Gasteiger charge is 2.58. The Bertz CT molecular complexity index is 1670. The number of nitrogens with zero attached hydrogens (tertiary/aromatic N) is 4. The van der Waals surface area contributed by atoms with Crippen LogP contribution in [0.25, 0.3) is 0 Å². The maximum absolute atomic E-state index is 14.8. The second-order valence-corrected chi connectivity index (χ2v) is 11.2. The van der Waals surface area contributed by atoms with Crippen LogP contribution >= 0.6 is 0 Å². The lowest BCUT2D eigenvalue weighted by molar-refractivity contribution is -0.148. The van der Waals surface area contributed by atoms with Gasteiger partial charge in [-0.05, 0) is 47.5 Å². The smallest absolute Gasteiger partial charge is 0.249 e. The quantitative estimate of drug-likeness (QED) is 0.357. The van der Waals surface area contributed by atoms with Gasteiger partial charge in [0.15, 0.2) is 17.3 Å². The molecule has 1 N–H and O–H groups in total. The number of ketones is 1. The number of amides is 2. The van der Waals surface area contributed by atoms with E-state index in [0.717, 1.165) is 0 Å². The lowest BCUT2D eigenvalue weighted by Crippen LogP contribution is -2.55. The Morgan fingerprint density at radius 3 is 1.98 bits per heavy atom. The zero-order valence-electron chi connectivity index (χ0n) is 25.9. The molecule has 0 radical (unpaired) electrons. The van der Waals surface area contributed by atoms with Gasteiger partial charge < -0.3 is 29.3 Å². The highest BCUT2D eigenvalue weighted by molar-refractivity contribution is 6.02.